The third-order valence-corrected chi connectivity index (χ3v) is 7.72. The SMILES string of the molecule is Cc1cccc(N2CCN(c3ccn4c(=O)n(Cc5nc(-c6ccc(C(C)(C)C)cc6)no5)nc4n3)CC2)c1C. The van der Waals surface area contributed by atoms with E-state index in [1.54, 1.807) is 6.20 Å². The van der Waals surface area contributed by atoms with Crippen LogP contribution < -0.4 is 15.5 Å². The summed E-state index contributed by atoms with van der Waals surface area (Å²) in [6.45, 7) is 14.4. The molecule has 0 atom stereocenters. The van der Waals surface area contributed by atoms with Crippen molar-refractivity contribution in [3.8, 4) is 11.4 Å². The van der Waals surface area contributed by atoms with Crippen molar-refractivity contribution in [1.82, 2.24) is 29.3 Å². The van der Waals surface area contributed by atoms with Crippen LogP contribution in [-0.4, -0.2) is 55.5 Å². The van der Waals surface area contributed by atoms with E-state index < -0.39 is 0 Å². The second-order valence-electron chi connectivity index (χ2n) is 11.4. The maximum Gasteiger partial charge on any atom is 0.352 e. The Morgan fingerprint density at radius 2 is 1.62 bits per heavy atom. The molecule has 10 nitrogen and oxygen atoms in total. The van der Waals surface area contributed by atoms with Gasteiger partial charge in [-0.05, 0) is 48.1 Å². The van der Waals surface area contributed by atoms with Gasteiger partial charge in [-0.1, -0.05) is 62.3 Å². The molecule has 1 fully saturated rings. The predicted octanol–water partition coefficient (Wildman–Crippen LogP) is 4.23. The van der Waals surface area contributed by atoms with E-state index in [9.17, 15) is 4.79 Å². The number of benzene rings is 2. The second kappa shape index (κ2) is 9.93. The van der Waals surface area contributed by atoms with Crippen LogP contribution in [0.3, 0.4) is 0 Å². The van der Waals surface area contributed by atoms with Crippen molar-refractivity contribution in [3.05, 3.63) is 87.8 Å². The van der Waals surface area contributed by atoms with Crippen LogP contribution in [0.4, 0.5) is 11.5 Å². The molecule has 0 aliphatic carbocycles. The molecule has 2 aromatic carbocycles. The Morgan fingerprint density at radius 1 is 0.900 bits per heavy atom. The summed E-state index contributed by atoms with van der Waals surface area (Å²) in [6, 6.07) is 16.5. The van der Waals surface area contributed by atoms with Gasteiger partial charge in [-0.3, -0.25) is 0 Å². The summed E-state index contributed by atoms with van der Waals surface area (Å²) in [7, 11) is 0. The normalized spacial score (nSPS) is 14.3. The highest BCUT2D eigenvalue weighted by Crippen LogP contribution is 2.26. The molecule has 1 aliphatic heterocycles. The van der Waals surface area contributed by atoms with Gasteiger partial charge < -0.3 is 14.3 Å². The van der Waals surface area contributed by atoms with Crippen LogP contribution in [0, 0.1) is 13.8 Å². The molecular weight excluding hydrogens is 504 g/mol. The van der Waals surface area contributed by atoms with Crippen LogP contribution in [0.1, 0.15) is 43.4 Å². The number of hydrogen-bond acceptors (Lipinski definition) is 8. The molecule has 3 aromatic heterocycles. The van der Waals surface area contributed by atoms with Crippen molar-refractivity contribution in [1.29, 1.82) is 0 Å². The first-order valence-corrected chi connectivity index (χ1v) is 13.6. The van der Waals surface area contributed by atoms with Crippen LogP contribution in [0.15, 0.2) is 64.0 Å². The summed E-state index contributed by atoms with van der Waals surface area (Å²) in [4.78, 5) is 26.9. The fraction of sp³-hybridized carbons (Fsp3) is 0.367. The Hall–Kier alpha value is -4.47. The molecule has 0 unspecified atom stereocenters. The van der Waals surface area contributed by atoms with Crippen LogP contribution in [0.5, 0.6) is 0 Å². The number of nitrogens with zero attached hydrogens (tertiary/aromatic N) is 8. The number of rotatable bonds is 5. The lowest BCUT2D eigenvalue weighted by Gasteiger charge is -2.37. The lowest BCUT2D eigenvalue weighted by molar-refractivity contribution is 0.364. The number of piperazine rings is 1. The molecule has 0 radical (unpaired) electrons. The Morgan fingerprint density at radius 3 is 2.35 bits per heavy atom. The first-order chi connectivity index (χ1) is 19.2. The van der Waals surface area contributed by atoms with E-state index in [0.29, 0.717) is 17.5 Å². The number of hydrogen-bond donors (Lipinski definition) is 0. The fourth-order valence-electron chi connectivity index (χ4n) is 5.11. The molecule has 0 saturated carbocycles. The highest BCUT2D eigenvalue weighted by Gasteiger charge is 2.21. The monoisotopic (exact) mass is 538 g/mol. The van der Waals surface area contributed by atoms with Gasteiger partial charge in [-0.2, -0.15) is 9.97 Å². The smallest absolute Gasteiger partial charge is 0.352 e. The summed E-state index contributed by atoms with van der Waals surface area (Å²) in [5.41, 5.74) is 5.77. The predicted molar refractivity (Wildman–Crippen MR) is 155 cm³/mol. The third kappa shape index (κ3) is 4.85. The van der Waals surface area contributed by atoms with Crippen molar-refractivity contribution in [2.45, 2.75) is 46.6 Å². The molecule has 5 aromatic rings. The fourth-order valence-corrected chi connectivity index (χ4v) is 5.11. The van der Waals surface area contributed by atoms with E-state index in [4.69, 9.17) is 9.51 Å². The summed E-state index contributed by atoms with van der Waals surface area (Å²) in [5, 5.41) is 8.57. The molecule has 40 heavy (non-hydrogen) atoms. The van der Waals surface area contributed by atoms with Gasteiger partial charge >= 0.3 is 5.69 Å². The van der Waals surface area contributed by atoms with E-state index in [0.717, 1.165) is 37.6 Å². The van der Waals surface area contributed by atoms with E-state index >= 15 is 0 Å². The topological polar surface area (TPSA) is 97.6 Å². The number of fused-ring (bicyclic) bond motifs is 1. The lowest BCUT2D eigenvalue weighted by Crippen LogP contribution is -2.47. The average Bonchev–Trinajstić information content (AvgIpc) is 3.54. The van der Waals surface area contributed by atoms with Crippen LogP contribution in [0.2, 0.25) is 0 Å². The maximum atomic E-state index is 13.0. The Kier molecular flexibility index (Phi) is 6.40. The first-order valence-electron chi connectivity index (χ1n) is 13.6. The molecule has 0 amide bonds. The molecule has 0 bridgehead atoms. The number of aromatic nitrogens is 6. The first kappa shape index (κ1) is 25.8. The molecule has 1 saturated heterocycles. The van der Waals surface area contributed by atoms with Crippen LogP contribution in [0.25, 0.3) is 17.2 Å². The quantitative estimate of drug-likeness (QED) is 0.328. The number of anilines is 2. The molecule has 0 spiro atoms. The minimum atomic E-state index is -0.303. The zero-order valence-corrected chi connectivity index (χ0v) is 23.6. The van der Waals surface area contributed by atoms with Crippen LogP contribution >= 0.6 is 0 Å². The minimum absolute atomic E-state index is 0.0635. The van der Waals surface area contributed by atoms with Crippen LogP contribution in [-0.2, 0) is 12.0 Å². The van der Waals surface area contributed by atoms with Gasteiger partial charge in [-0.15, -0.1) is 5.10 Å². The third-order valence-electron chi connectivity index (χ3n) is 7.72. The Bertz CT molecular complexity index is 1720. The molecule has 6 rings (SSSR count). The van der Waals surface area contributed by atoms with E-state index in [1.807, 2.05) is 18.2 Å². The highest BCUT2D eigenvalue weighted by molar-refractivity contribution is 5.58. The van der Waals surface area contributed by atoms with E-state index in [2.05, 4.69) is 90.0 Å². The summed E-state index contributed by atoms with van der Waals surface area (Å²) < 4.78 is 8.20. The summed E-state index contributed by atoms with van der Waals surface area (Å²) >= 11 is 0. The van der Waals surface area contributed by atoms with Gasteiger partial charge in [0.25, 0.3) is 5.78 Å². The Balaban J connectivity index is 1.16. The van der Waals surface area contributed by atoms with Gasteiger partial charge in [0, 0.05) is 43.6 Å². The van der Waals surface area contributed by atoms with Crippen molar-refractivity contribution in [2.24, 2.45) is 0 Å². The largest absolute Gasteiger partial charge is 0.368 e. The lowest BCUT2D eigenvalue weighted by atomic mass is 9.87. The molecule has 206 valence electrons. The second-order valence-corrected chi connectivity index (χ2v) is 11.4. The van der Waals surface area contributed by atoms with Gasteiger partial charge in [0.2, 0.25) is 11.7 Å². The minimum Gasteiger partial charge on any atom is -0.368 e. The average molecular weight is 539 g/mol. The van der Waals surface area contributed by atoms with Gasteiger partial charge in [0.1, 0.15) is 12.4 Å². The van der Waals surface area contributed by atoms with Gasteiger partial charge in [0.05, 0.1) is 0 Å². The highest BCUT2D eigenvalue weighted by atomic mass is 16.5. The standard InChI is InChI=1S/C30H34N8O2/c1-20-7-6-8-24(21(20)2)35-15-17-36(18-16-35)25-13-14-37-28(31-25)33-38(29(37)39)19-26-32-27(34-40-26)22-9-11-23(12-10-22)30(3,4)5/h6-14H,15-19H2,1-5H3. The zero-order valence-electron chi connectivity index (χ0n) is 23.6. The van der Waals surface area contributed by atoms with Gasteiger partial charge in [0.15, 0.2) is 0 Å². The number of aryl methyl sites for hydroxylation is 1. The van der Waals surface area contributed by atoms with E-state index in [1.165, 1.54) is 31.5 Å². The zero-order chi connectivity index (χ0) is 28.0. The molecular formula is C30H34N8O2. The molecule has 1 aliphatic rings. The van der Waals surface area contributed by atoms with Crippen molar-refractivity contribution in [3.63, 3.8) is 0 Å². The summed E-state index contributed by atoms with van der Waals surface area (Å²) in [5.74, 6) is 1.94. The molecule has 10 heteroatoms. The van der Waals surface area contributed by atoms with Crippen molar-refractivity contribution in [2.75, 3.05) is 36.0 Å². The Labute approximate surface area is 232 Å². The van der Waals surface area contributed by atoms with Crippen molar-refractivity contribution < 1.29 is 4.52 Å². The molecule has 0 N–H and O–H groups in total. The van der Waals surface area contributed by atoms with E-state index in [-0.39, 0.29) is 17.6 Å². The molecule has 4 heterocycles. The van der Waals surface area contributed by atoms with Gasteiger partial charge in [-0.25, -0.2) is 13.9 Å². The maximum absolute atomic E-state index is 13.0. The summed E-state index contributed by atoms with van der Waals surface area (Å²) in [6.07, 6.45) is 1.73. The van der Waals surface area contributed by atoms with Crippen molar-refractivity contribution >= 4 is 17.3 Å².